The van der Waals surface area contributed by atoms with Crippen molar-refractivity contribution < 1.29 is 0 Å². The molecule has 0 unspecified atom stereocenters. The van der Waals surface area contributed by atoms with Crippen molar-refractivity contribution in [2.24, 2.45) is 10.2 Å². The van der Waals surface area contributed by atoms with E-state index in [0.29, 0.717) is 14.9 Å². The molecule has 0 aliphatic heterocycles. The van der Waals surface area contributed by atoms with Gasteiger partial charge in [0.25, 0.3) is 5.56 Å². The van der Waals surface area contributed by atoms with Gasteiger partial charge in [0.2, 0.25) is 0 Å². The zero-order chi connectivity index (χ0) is 21.4. The van der Waals surface area contributed by atoms with Gasteiger partial charge in [0.1, 0.15) is 15.3 Å². The number of azo groups is 1. The van der Waals surface area contributed by atoms with E-state index in [9.17, 15) is 10.1 Å². The number of aryl methyl sites for hydroxylation is 1. The average molecular weight is 420 g/mol. The van der Waals surface area contributed by atoms with E-state index in [2.05, 4.69) is 33.4 Å². The number of benzene rings is 3. The van der Waals surface area contributed by atoms with Crippen LogP contribution in [0.1, 0.15) is 16.7 Å². The summed E-state index contributed by atoms with van der Waals surface area (Å²) in [5.74, 6) is 0. The van der Waals surface area contributed by atoms with Crippen LogP contribution in [-0.2, 0) is 0 Å². The lowest BCUT2D eigenvalue weighted by Crippen LogP contribution is -2.23. The van der Waals surface area contributed by atoms with Crippen molar-refractivity contribution in [2.75, 3.05) is 0 Å². The topological polar surface area (TPSA) is 81.4 Å². The number of aromatic amines is 1. The molecule has 5 rings (SSSR count). The normalized spacial score (nSPS) is 13.1. The molecule has 3 aromatic carbocycles. The molecular formula is C25H16N4OS. The number of fused-ring (bicyclic) bond motifs is 3. The molecule has 4 aromatic rings. The Kier molecular flexibility index (Phi) is 4.66. The molecule has 1 aliphatic carbocycles. The predicted octanol–water partition coefficient (Wildman–Crippen LogP) is 4.39. The van der Waals surface area contributed by atoms with E-state index in [1.54, 1.807) is 0 Å². The van der Waals surface area contributed by atoms with Crippen molar-refractivity contribution in [3.8, 4) is 17.2 Å². The highest BCUT2D eigenvalue weighted by Gasteiger charge is 2.24. The van der Waals surface area contributed by atoms with Crippen LogP contribution in [0.5, 0.6) is 0 Å². The molecule has 0 saturated carbocycles. The Morgan fingerprint density at radius 3 is 2.06 bits per heavy atom. The van der Waals surface area contributed by atoms with E-state index in [1.807, 2.05) is 67.6 Å². The van der Waals surface area contributed by atoms with Crippen LogP contribution < -0.4 is 14.8 Å². The number of nitrogens with one attached hydrogen (secondary N) is 1. The smallest absolute Gasteiger partial charge is 0.267 e. The Bertz CT molecular complexity index is 1520. The van der Waals surface area contributed by atoms with Gasteiger partial charge in [0, 0.05) is 5.57 Å². The summed E-state index contributed by atoms with van der Waals surface area (Å²) in [4.78, 5) is 15.7. The predicted molar refractivity (Wildman–Crippen MR) is 122 cm³/mol. The molecule has 6 heteroatoms. The molecule has 1 aromatic heterocycles. The summed E-state index contributed by atoms with van der Waals surface area (Å²) in [5.41, 5.74) is 6.72. The number of H-pyrrole nitrogens is 1. The Hall–Kier alpha value is -4.08. The van der Waals surface area contributed by atoms with E-state index in [1.165, 1.54) is 11.3 Å². The molecule has 0 saturated heterocycles. The molecule has 5 nitrogen and oxygen atoms in total. The lowest BCUT2D eigenvalue weighted by Gasteiger charge is -1.99. The van der Waals surface area contributed by atoms with Crippen LogP contribution in [0.3, 0.4) is 0 Å². The van der Waals surface area contributed by atoms with E-state index < -0.39 is 0 Å². The van der Waals surface area contributed by atoms with E-state index >= 15 is 0 Å². The third-order valence-electron chi connectivity index (χ3n) is 5.17. The lowest BCUT2D eigenvalue weighted by atomic mass is 10.1. The van der Waals surface area contributed by atoms with Gasteiger partial charge in [-0.2, -0.15) is 5.26 Å². The van der Waals surface area contributed by atoms with Gasteiger partial charge in [-0.1, -0.05) is 66.2 Å². The summed E-state index contributed by atoms with van der Waals surface area (Å²) >= 11 is 1.24. The monoisotopic (exact) mass is 420 g/mol. The molecule has 0 radical (unpaired) electrons. The SMILES string of the molecule is Cc1ccc(N=N/C(C#N)=c2\[nH]c(=O)c(=C3c4ccccc4-c4ccccc43)s2)cc1. The van der Waals surface area contributed by atoms with Gasteiger partial charge in [-0.05, 0) is 41.3 Å². The maximum absolute atomic E-state index is 12.9. The molecule has 31 heavy (non-hydrogen) atoms. The number of aromatic nitrogens is 1. The van der Waals surface area contributed by atoms with Crippen molar-refractivity contribution in [2.45, 2.75) is 6.92 Å². The first kappa shape index (κ1) is 18.9. The van der Waals surface area contributed by atoms with Gasteiger partial charge in [-0.3, -0.25) is 4.79 Å². The largest absolute Gasteiger partial charge is 0.310 e. The minimum atomic E-state index is -0.236. The highest BCUT2D eigenvalue weighted by atomic mass is 32.1. The Labute approximate surface area is 182 Å². The quantitative estimate of drug-likeness (QED) is 0.430. The molecule has 1 aliphatic rings. The molecule has 0 atom stereocenters. The molecule has 0 spiro atoms. The summed E-state index contributed by atoms with van der Waals surface area (Å²) in [6.45, 7) is 1.99. The number of rotatable bonds is 2. The van der Waals surface area contributed by atoms with Gasteiger partial charge in [-0.25, -0.2) is 0 Å². The van der Waals surface area contributed by atoms with Crippen LogP contribution in [0.2, 0.25) is 0 Å². The van der Waals surface area contributed by atoms with Crippen LogP contribution >= 0.6 is 11.3 Å². The molecule has 1 heterocycles. The third-order valence-corrected chi connectivity index (χ3v) is 6.26. The number of hydrogen-bond acceptors (Lipinski definition) is 5. The van der Waals surface area contributed by atoms with Crippen LogP contribution in [0.25, 0.3) is 22.4 Å². The van der Waals surface area contributed by atoms with Crippen molar-refractivity contribution in [3.63, 3.8) is 0 Å². The van der Waals surface area contributed by atoms with Gasteiger partial charge in [0.05, 0.1) is 5.69 Å². The van der Waals surface area contributed by atoms with Gasteiger partial charge in [0.15, 0.2) is 5.70 Å². The molecule has 0 fully saturated rings. The average Bonchev–Trinajstić information content (AvgIpc) is 3.33. The third kappa shape index (κ3) is 3.31. The Morgan fingerprint density at radius 2 is 1.48 bits per heavy atom. The van der Waals surface area contributed by atoms with Crippen molar-refractivity contribution in [1.29, 1.82) is 5.26 Å². The second kappa shape index (κ2) is 7.63. The van der Waals surface area contributed by atoms with Gasteiger partial charge >= 0.3 is 0 Å². The maximum atomic E-state index is 12.9. The van der Waals surface area contributed by atoms with E-state index in [4.69, 9.17) is 0 Å². The fourth-order valence-electron chi connectivity index (χ4n) is 3.71. The van der Waals surface area contributed by atoms with Crippen molar-refractivity contribution in [1.82, 2.24) is 4.98 Å². The first-order valence-electron chi connectivity index (χ1n) is 9.71. The zero-order valence-electron chi connectivity index (χ0n) is 16.6. The highest BCUT2D eigenvalue weighted by molar-refractivity contribution is 7.07. The highest BCUT2D eigenvalue weighted by Crippen LogP contribution is 2.42. The summed E-state index contributed by atoms with van der Waals surface area (Å²) in [5, 5.41) is 17.9. The van der Waals surface area contributed by atoms with Crippen molar-refractivity contribution >= 4 is 28.3 Å². The fourth-order valence-corrected chi connectivity index (χ4v) is 4.70. The van der Waals surface area contributed by atoms with E-state index in [0.717, 1.165) is 33.4 Å². The molecule has 0 bridgehead atoms. The second-order valence-corrected chi connectivity index (χ2v) is 8.20. The number of nitrogens with zero attached hydrogens (tertiary/aromatic N) is 3. The second-order valence-electron chi connectivity index (χ2n) is 7.18. The zero-order valence-corrected chi connectivity index (χ0v) is 17.4. The molecule has 148 valence electrons. The van der Waals surface area contributed by atoms with Gasteiger partial charge < -0.3 is 4.98 Å². The van der Waals surface area contributed by atoms with Crippen LogP contribution in [0.15, 0.2) is 87.8 Å². The molecule has 1 N–H and O–H groups in total. The standard InChI is InChI=1S/C25H16N4OS/c1-15-10-12-16(13-11-15)28-29-21(14-26)25-27-24(30)23(31-25)22-19-8-4-2-6-17(19)18-7-3-5-9-20(18)22/h2-13H,1H3,(H,27,30)/b25-21+,29-28?. The Morgan fingerprint density at radius 1 is 0.903 bits per heavy atom. The van der Waals surface area contributed by atoms with Crippen LogP contribution in [0, 0.1) is 18.3 Å². The summed E-state index contributed by atoms with van der Waals surface area (Å²) in [6, 6.07) is 25.7. The van der Waals surface area contributed by atoms with Crippen LogP contribution in [0.4, 0.5) is 5.69 Å². The Balaban J connectivity index is 1.73. The van der Waals surface area contributed by atoms with Crippen LogP contribution in [-0.4, -0.2) is 4.98 Å². The fraction of sp³-hybridized carbons (Fsp3) is 0.0400. The minimum Gasteiger partial charge on any atom is -0.310 e. The van der Waals surface area contributed by atoms with E-state index in [-0.39, 0.29) is 11.3 Å². The van der Waals surface area contributed by atoms with Gasteiger partial charge in [-0.15, -0.1) is 21.6 Å². The summed E-state index contributed by atoms with van der Waals surface area (Å²) in [7, 11) is 0. The number of hydrogen-bond donors (Lipinski definition) is 1. The first-order chi connectivity index (χ1) is 15.2. The minimum absolute atomic E-state index is 0.0779. The molecular weight excluding hydrogens is 404 g/mol. The lowest BCUT2D eigenvalue weighted by molar-refractivity contribution is 1.19. The number of thiazole rings is 1. The number of nitriles is 1. The summed E-state index contributed by atoms with van der Waals surface area (Å²) < 4.78 is 0.957. The first-order valence-corrected chi connectivity index (χ1v) is 10.5. The van der Waals surface area contributed by atoms with Crippen molar-refractivity contribution in [3.05, 3.63) is 109 Å². The molecule has 0 amide bonds. The maximum Gasteiger partial charge on any atom is 0.267 e. The summed E-state index contributed by atoms with van der Waals surface area (Å²) in [6.07, 6.45) is 0.